The van der Waals surface area contributed by atoms with Gasteiger partial charge in [-0.1, -0.05) is 22.9 Å². The second kappa shape index (κ2) is 7.87. The SMILES string of the molecule is CCCNC(=O)c1cc(C(=O)Nc2ccc(Br)cc2C)ccn1. The lowest BCUT2D eigenvalue weighted by Crippen LogP contribution is -2.25. The largest absolute Gasteiger partial charge is 0.351 e. The molecular weight excluding hydrogens is 358 g/mol. The molecule has 1 aromatic carbocycles. The highest BCUT2D eigenvalue weighted by atomic mass is 79.9. The number of nitrogens with one attached hydrogen (secondary N) is 2. The number of amides is 2. The Hall–Kier alpha value is -2.21. The molecule has 0 aliphatic heterocycles. The molecule has 0 aliphatic carbocycles. The molecule has 0 aliphatic rings. The van der Waals surface area contributed by atoms with Crippen molar-refractivity contribution in [1.82, 2.24) is 10.3 Å². The maximum Gasteiger partial charge on any atom is 0.269 e. The van der Waals surface area contributed by atoms with Gasteiger partial charge in [0, 0.05) is 28.5 Å². The number of carbonyl (C=O) groups is 2. The monoisotopic (exact) mass is 375 g/mol. The summed E-state index contributed by atoms with van der Waals surface area (Å²) in [7, 11) is 0. The number of hydrogen-bond donors (Lipinski definition) is 2. The fraction of sp³-hybridized carbons (Fsp3) is 0.235. The number of benzene rings is 1. The van der Waals surface area contributed by atoms with Gasteiger partial charge in [0.25, 0.3) is 11.8 Å². The van der Waals surface area contributed by atoms with E-state index in [9.17, 15) is 9.59 Å². The molecule has 0 atom stereocenters. The van der Waals surface area contributed by atoms with Crippen molar-refractivity contribution in [2.75, 3.05) is 11.9 Å². The zero-order valence-electron chi connectivity index (χ0n) is 13.0. The number of anilines is 1. The lowest BCUT2D eigenvalue weighted by Gasteiger charge is -2.09. The van der Waals surface area contributed by atoms with Crippen molar-refractivity contribution < 1.29 is 9.59 Å². The van der Waals surface area contributed by atoms with Gasteiger partial charge in [0.1, 0.15) is 5.69 Å². The normalized spacial score (nSPS) is 10.2. The van der Waals surface area contributed by atoms with Crippen molar-refractivity contribution in [1.29, 1.82) is 0 Å². The highest BCUT2D eigenvalue weighted by Crippen LogP contribution is 2.20. The van der Waals surface area contributed by atoms with Crippen molar-refractivity contribution in [3.05, 3.63) is 57.8 Å². The van der Waals surface area contributed by atoms with Crippen molar-refractivity contribution >= 4 is 33.4 Å². The van der Waals surface area contributed by atoms with Crippen LogP contribution in [0.3, 0.4) is 0 Å². The summed E-state index contributed by atoms with van der Waals surface area (Å²) in [6.45, 7) is 4.46. The van der Waals surface area contributed by atoms with Gasteiger partial charge in [-0.25, -0.2) is 0 Å². The first-order valence-electron chi connectivity index (χ1n) is 7.33. The fourth-order valence-corrected chi connectivity index (χ4v) is 2.46. The Balaban J connectivity index is 2.15. The van der Waals surface area contributed by atoms with Crippen LogP contribution in [0.5, 0.6) is 0 Å². The first kappa shape index (κ1) is 17.1. The van der Waals surface area contributed by atoms with E-state index in [0.29, 0.717) is 12.1 Å². The maximum atomic E-state index is 12.4. The van der Waals surface area contributed by atoms with Crippen LogP contribution < -0.4 is 10.6 Å². The average Bonchev–Trinajstić information content (AvgIpc) is 2.55. The standard InChI is InChI=1S/C17H18BrN3O2/c1-3-7-20-17(23)15-10-12(6-8-19-15)16(22)21-14-5-4-13(18)9-11(14)2/h4-6,8-10H,3,7H2,1-2H3,(H,20,23)(H,21,22). The van der Waals surface area contributed by atoms with E-state index >= 15 is 0 Å². The Morgan fingerprint density at radius 2 is 1.96 bits per heavy atom. The third kappa shape index (κ3) is 4.63. The summed E-state index contributed by atoms with van der Waals surface area (Å²) in [6.07, 6.45) is 2.30. The molecular formula is C17H18BrN3O2. The molecule has 2 rings (SSSR count). The minimum Gasteiger partial charge on any atom is -0.351 e. The Morgan fingerprint density at radius 1 is 1.17 bits per heavy atom. The molecule has 2 aromatic rings. The van der Waals surface area contributed by atoms with E-state index in [1.54, 1.807) is 6.07 Å². The second-order valence-electron chi connectivity index (χ2n) is 5.10. The summed E-state index contributed by atoms with van der Waals surface area (Å²) in [5, 5.41) is 5.59. The molecule has 0 radical (unpaired) electrons. The number of pyridine rings is 1. The van der Waals surface area contributed by atoms with Crippen LogP contribution in [0.4, 0.5) is 5.69 Å². The number of halogens is 1. The van der Waals surface area contributed by atoms with E-state index in [1.165, 1.54) is 12.3 Å². The Kier molecular flexibility index (Phi) is 5.87. The number of rotatable bonds is 5. The van der Waals surface area contributed by atoms with Crippen LogP contribution in [0.25, 0.3) is 0 Å². The van der Waals surface area contributed by atoms with E-state index in [0.717, 1.165) is 22.1 Å². The molecule has 5 nitrogen and oxygen atoms in total. The quantitative estimate of drug-likeness (QED) is 0.839. The zero-order chi connectivity index (χ0) is 16.8. The average molecular weight is 376 g/mol. The van der Waals surface area contributed by atoms with Gasteiger partial charge in [-0.2, -0.15) is 0 Å². The molecule has 1 heterocycles. The van der Waals surface area contributed by atoms with E-state index in [2.05, 4.69) is 31.5 Å². The number of carbonyl (C=O) groups excluding carboxylic acids is 2. The summed E-state index contributed by atoms with van der Waals surface area (Å²) in [6, 6.07) is 8.69. The smallest absolute Gasteiger partial charge is 0.269 e. The zero-order valence-corrected chi connectivity index (χ0v) is 14.6. The fourth-order valence-electron chi connectivity index (χ4n) is 1.99. The van der Waals surface area contributed by atoms with Crippen molar-refractivity contribution in [2.45, 2.75) is 20.3 Å². The molecule has 2 N–H and O–H groups in total. The Bertz CT molecular complexity index is 732. The molecule has 0 saturated carbocycles. The molecule has 2 amide bonds. The van der Waals surface area contributed by atoms with Crippen LogP contribution >= 0.6 is 15.9 Å². The van der Waals surface area contributed by atoms with Gasteiger partial charge in [0.05, 0.1) is 0 Å². The summed E-state index contributed by atoms with van der Waals surface area (Å²) < 4.78 is 0.951. The molecule has 23 heavy (non-hydrogen) atoms. The molecule has 0 spiro atoms. The molecule has 0 bridgehead atoms. The molecule has 1 aromatic heterocycles. The van der Waals surface area contributed by atoms with Gasteiger partial charge in [-0.3, -0.25) is 14.6 Å². The number of aryl methyl sites for hydroxylation is 1. The van der Waals surface area contributed by atoms with Crippen LogP contribution in [-0.4, -0.2) is 23.3 Å². The number of hydrogen-bond acceptors (Lipinski definition) is 3. The Morgan fingerprint density at radius 3 is 2.65 bits per heavy atom. The van der Waals surface area contributed by atoms with Gasteiger partial charge >= 0.3 is 0 Å². The van der Waals surface area contributed by atoms with E-state index in [-0.39, 0.29) is 17.5 Å². The van der Waals surface area contributed by atoms with Gasteiger partial charge in [0.15, 0.2) is 0 Å². The van der Waals surface area contributed by atoms with Crippen LogP contribution in [0.1, 0.15) is 39.8 Å². The Labute approximate surface area is 143 Å². The third-order valence-electron chi connectivity index (χ3n) is 3.23. The number of nitrogens with zero attached hydrogens (tertiary/aromatic N) is 1. The highest BCUT2D eigenvalue weighted by molar-refractivity contribution is 9.10. The van der Waals surface area contributed by atoms with E-state index in [1.807, 2.05) is 32.0 Å². The van der Waals surface area contributed by atoms with Gasteiger partial charge in [-0.05, 0) is 49.2 Å². The topological polar surface area (TPSA) is 71.1 Å². The van der Waals surface area contributed by atoms with Crippen molar-refractivity contribution in [3.8, 4) is 0 Å². The van der Waals surface area contributed by atoms with E-state index in [4.69, 9.17) is 0 Å². The summed E-state index contributed by atoms with van der Waals surface area (Å²) >= 11 is 3.39. The van der Waals surface area contributed by atoms with Crippen LogP contribution in [0, 0.1) is 6.92 Å². The van der Waals surface area contributed by atoms with Gasteiger partial charge in [-0.15, -0.1) is 0 Å². The van der Waals surface area contributed by atoms with Gasteiger partial charge in [0.2, 0.25) is 0 Å². The predicted molar refractivity (Wildman–Crippen MR) is 93.7 cm³/mol. The predicted octanol–water partition coefficient (Wildman–Crippen LogP) is 3.54. The molecule has 6 heteroatoms. The number of aromatic nitrogens is 1. The molecule has 0 fully saturated rings. The van der Waals surface area contributed by atoms with Crippen LogP contribution in [0.2, 0.25) is 0 Å². The maximum absolute atomic E-state index is 12.4. The van der Waals surface area contributed by atoms with Crippen molar-refractivity contribution in [3.63, 3.8) is 0 Å². The molecule has 120 valence electrons. The van der Waals surface area contributed by atoms with E-state index < -0.39 is 0 Å². The molecule has 0 saturated heterocycles. The lowest BCUT2D eigenvalue weighted by atomic mass is 10.1. The minimum absolute atomic E-state index is 0.235. The molecule has 0 unspecified atom stereocenters. The highest BCUT2D eigenvalue weighted by Gasteiger charge is 2.12. The third-order valence-corrected chi connectivity index (χ3v) is 3.72. The minimum atomic E-state index is -0.277. The summed E-state index contributed by atoms with van der Waals surface area (Å²) in [5.74, 6) is -0.552. The summed E-state index contributed by atoms with van der Waals surface area (Å²) in [4.78, 5) is 28.3. The van der Waals surface area contributed by atoms with Crippen LogP contribution in [0.15, 0.2) is 41.0 Å². The first-order chi connectivity index (χ1) is 11.0. The van der Waals surface area contributed by atoms with Crippen molar-refractivity contribution in [2.24, 2.45) is 0 Å². The second-order valence-corrected chi connectivity index (χ2v) is 6.01. The first-order valence-corrected chi connectivity index (χ1v) is 8.12. The van der Waals surface area contributed by atoms with Crippen LogP contribution in [-0.2, 0) is 0 Å². The lowest BCUT2D eigenvalue weighted by molar-refractivity contribution is 0.0948. The summed E-state index contributed by atoms with van der Waals surface area (Å²) in [5.41, 5.74) is 2.30. The van der Waals surface area contributed by atoms with Gasteiger partial charge < -0.3 is 10.6 Å².